The highest BCUT2D eigenvalue weighted by Gasteiger charge is 2.27. The van der Waals surface area contributed by atoms with Crippen LogP contribution in [0.1, 0.15) is 44.3 Å². The van der Waals surface area contributed by atoms with Gasteiger partial charge < -0.3 is 4.84 Å². The minimum absolute atomic E-state index is 0.0164. The second kappa shape index (κ2) is 12.1. The number of hydrogen-bond donors (Lipinski definition) is 0. The smallest absolute Gasteiger partial charge is 0.318 e. The molecule has 0 aliphatic rings. The van der Waals surface area contributed by atoms with Gasteiger partial charge in [-0.25, -0.2) is 4.79 Å². The predicted octanol–water partition coefficient (Wildman–Crippen LogP) is 6.44. The molecule has 8 nitrogen and oxygen atoms in total. The number of nitrogens with zero attached hydrogens (tertiary/aromatic N) is 2. The van der Waals surface area contributed by atoms with Crippen LogP contribution < -0.4 is 0 Å². The van der Waals surface area contributed by atoms with Crippen LogP contribution in [0.2, 0.25) is 0 Å². The van der Waals surface area contributed by atoms with E-state index < -0.39 is 16.7 Å². The molecule has 0 unspecified atom stereocenters. The summed E-state index contributed by atoms with van der Waals surface area (Å²) in [5, 5.41) is 15.3. The molecule has 0 fully saturated rings. The molecule has 4 rings (SSSR count). The maximum absolute atomic E-state index is 13.4. The Bertz CT molecular complexity index is 1580. The first-order valence-electron chi connectivity index (χ1n) is 11.8. The van der Waals surface area contributed by atoms with Crippen molar-refractivity contribution in [3.63, 3.8) is 0 Å². The van der Waals surface area contributed by atoms with Crippen molar-refractivity contribution in [3.8, 4) is 0 Å². The number of Topliss-reactive ketones (excluding diaryl/α,β-unsaturated/α-hetero) is 1. The van der Waals surface area contributed by atoms with Gasteiger partial charge in [0.15, 0.2) is 11.5 Å². The summed E-state index contributed by atoms with van der Waals surface area (Å²) in [6.45, 7) is 2.73. The highest BCUT2D eigenvalue weighted by molar-refractivity contribution is 7.99. The van der Waals surface area contributed by atoms with E-state index >= 15 is 0 Å². The first kappa shape index (κ1) is 27.2. The van der Waals surface area contributed by atoms with Crippen LogP contribution in [0.3, 0.4) is 0 Å². The average Bonchev–Trinajstić information content (AvgIpc) is 2.94. The number of ketones is 2. The standard InChI is InChI=1S/C30H22N2O6S/c1-19-7-6-10-26(32(36)37)27(19)28(31-38-20(2)33)30(35)23-13-17-25(18-14-23)39-24-15-11-22(12-16-24)29(34)21-8-4-3-5-9-21/h3-18H,1-2H3/b31-28-. The van der Waals surface area contributed by atoms with Gasteiger partial charge in [0, 0.05) is 39.5 Å². The van der Waals surface area contributed by atoms with Crippen molar-refractivity contribution in [2.24, 2.45) is 5.16 Å². The number of benzene rings is 4. The highest BCUT2D eigenvalue weighted by Crippen LogP contribution is 2.29. The Morgan fingerprint density at radius 3 is 1.90 bits per heavy atom. The first-order valence-corrected chi connectivity index (χ1v) is 12.6. The van der Waals surface area contributed by atoms with E-state index in [0.29, 0.717) is 16.7 Å². The number of carbonyl (C=O) groups is 3. The summed E-state index contributed by atoms with van der Waals surface area (Å²) in [5.74, 6) is -1.45. The number of hydrogen-bond acceptors (Lipinski definition) is 8. The van der Waals surface area contributed by atoms with Gasteiger partial charge in [0.25, 0.3) is 5.69 Å². The fourth-order valence-electron chi connectivity index (χ4n) is 3.80. The molecule has 0 bridgehead atoms. The number of nitro benzene ring substituents is 1. The quantitative estimate of drug-likeness (QED) is 0.0792. The van der Waals surface area contributed by atoms with Crippen LogP contribution >= 0.6 is 11.8 Å². The summed E-state index contributed by atoms with van der Waals surface area (Å²) in [5.41, 5.74) is 1.17. The lowest BCUT2D eigenvalue weighted by atomic mass is 9.96. The first-order chi connectivity index (χ1) is 18.7. The van der Waals surface area contributed by atoms with Gasteiger partial charge in [-0.15, -0.1) is 0 Å². The Hall–Kier alpha value is -4.89. The number of rotatable bonds is 9. The molecule has 0 heterocycles. The fourth-order valence-corrected chi connectivity index (χ4v) is 4.62. The molecule has 0 radical (unpaired) electrons. The zero-order valence-corrected chi connectivity index (χ0v) is 21.8. The molecule has 0 spiro atoms. The van der Waals surface area contributed by atoms with E-state index in [2.05, 4.69) is 5.16 Å². The summed E-state index contributed by atoms with van der Waals surface area (Å²) >= 11 is 1.44. The number of oxime groups is 1. The molecular weight excluding hydrogens is 516 g/mol. The normalized spacial score (nSPS) is 11.1. The number of nitro groups is 1. The summed E-state index contributed by atoms with van der Waals surface area (Å²) < 4.78 is 0. The van der Waals surface area contributed by atoms with Crippen molar-refractivity contribution in [2.75, 3.05) is 0 Å². The maximum atomic E-state index is 13.4. The van der Waals surface area contributed by atoms with Gasteiger partial charge in [-0.2, -0.15) is 0 Å². The lowest BCUT2D eigenvalue weighted by molar-refractivity contribution is -0.385. The van der Waals surface area contributed by atoms with Gasteiger partial charge in [0.1, 0.15) is 0 Å². The van der Waals surface area contributed by atoms with Crippen molar-refractivity contribution in [1.82, 2.24) is 0 Å². The molecule has 4 aromatic rings. The average molecular weight is 539 g/mol. The van der Waals surface area contributed by atoms with E-state index in [1.54, 1.807) is 61.5 Å². The van der Waals surface area contributed by atoms with Gasteiger partial charge in [0.2, 0.25) is 5.78 Å². The SMILES string of the molecule is CC(=O)O/N=C(\C(=O)c1ccc(Sc2ccc(C(=O)c3ccccc3)cc2)cc1)c1c(C)cccc1[N+](=O)[O-]. The van der Waals surface area contributed by atoms with Gasteiger partial charge in [0.05, 0.1) is 10.5 Å². The topological polar surface area (TPSA) is 116 Å². The molecule has 194 valence electrons. The molecule has 39 heavy (non-hydrogen) atoms. The van der Waals surface area contributed by atoms with Gasteiger partial charge >= 0.3 is 5.97 Å². The zero-order valence-electron chi connectivity index (χ0n) is 21.0. The molecule has 0 aromatic heterocycles. The summed E-state index contributed by atoms with van der Waals surface area (Å²) in [6, 6.07) is 27.3. The van der Waals surface area contributed by atoms with Crippen molar-refractivity contribution in [3.05, 3.63) is 135 Å². The zero-order chi connectivity index (χ0) is 27.9. The molecule has 0 saturated carbocycles. The number of aryl methyl sites for hydroxylation is 1. The van der Waals surface area contributed by atoms with Crippen LogP contribution in [-0.4, -0.2) is 28.2 Å². The Morgan fingerprint density at radius 2 is 1.33 bits per heavy atom. The summed E-state index contributed by atoms with van der Waals surface area (Å²) in [4.78, 5) is 54.9. The fraction of sp³-hybridized carbons (Fsp3) is 0.0667. The third kappa shape index (κ3) is 6.52. The second-order valence-electron chi connectivity index (χ2n) is 8.42. The van der Waals surface area contributed by atoms with Crippen LogP contribution in [-0.2, 0) is 9.63 Å². The van der Waals surface area contributed by atoms with E-state index in [4.69, 9.17) is 4.84 Å². The molecule has 0 aliphatic heterocycles. The molecule has 4 aromatic carbocycles. The Labute approximate surface area is 228 Å². The Morgan fingerprint density at radius 1 is 0.769 bits per heavy atom. The maximum Gasteiger partial charge on any atom is 0.332 e. The second-order valence-corrected chi connectivity index (χ2v) is 9.57. The van der Waals surface area contributed by atoms with Crippen LogP contribution in [0, 0.1) is 17.0 Å². The van der Waals surface area contributed by atoms with Gasteiger partial charge in [-0.3, -0.25) is 19.7 Å². The summed E-state index contributed by atoms with van der Waals surface area (Å²) in [7, 11) is 0. The Kier molecular flexibility index (Phi) is 8.43. The van der Waals surface area contributed by atoms with Crippen LogP contribution in [0.25, 0.3) is 0 Å². The lowest BCUT2D eigenvalue weighted by Crippen LogP contribution is -2.20. The van der Waals surface area contributed by atoms with E-state index in [9.17, 15) is 24.5 Å². The van der Waals surface area contributed by atoms with Crippen molar-refractivity contribution in [2.45, 2.75) is 23.6 Å². The third-order valence-electron chi connectivity index (χ3n) is 5.67. The third-order valence-corrected chi connectivity index (χ3v) is 6.69. The van der Waals surface area contributed by atoms with Crippen molar-refractivity contribution < 1.29 is 24.1 Å². The Balaban J connectivity index is 1.55. The molecule has 0 saturated heterocycles. The molecule has 0 N–H and O–H groups in total. The monoisotopic (exact) mass is 538 g/mol. The van der Waals surface area contributed by atoms with Crippen LogP contribution in [0.5, 0.6) is 0 Å². The lowest BCUT2D eigenvalue weighted by Gasteiger charge is -2.10. The van der Waals surface area contributed by atoms with E-state index in [-0.39, 0.29) is 28.3 Å². The van der Waals surface area contributed by atoms with Gasteiger partial charge in [-0.05, 0) is 61.0 Å². The molecular formula is C30H22N2O6S. The molecule has 0 amide bonds. The van der Waals surface area contributed by atoms with E-state index in [1.165, 1.54) is 23.9 Å². The van der Waals surface area contributed by atoms with E-state index in [1.807, 2.05) is 30.3 Å². The predicted molar refractivity (Wildman–Crippen MR) is 147 cm³/mol. The minimum atomic E-state index is -0.764. The minimum Gasteiger partial charge on any atom is -0.318 e. The van der Waals surface area contributed by atoms with Crippen molar-refractivity contribution in [1.29, 1.82) is 0 Å². The van der Waals surface area contributed by atoms with E-state index in [0.717, 1.165) is 16.7 Å². The highest BCUT2D eigenvalue weighted by atomic mass is 32.2. The van der Waals surface area contributed by atoms with Crippen molar-refractivity contribution >= 4 is 40.7 Å². The summed E-state index contributed by atoms with van der Waals surface area (Å²) in [6.07, 6.45) is 0. The van der Waals surface area contributed by atoms with Crippen LogP contribution in [0.4, 0.5) is 5.69 Å². The van der Waals surface area contributed by atoms with Gasteiger partial charge in [-0.1, -0.05) is 59.4 Å². The largest absolute Gasteiger partial charge is 0.332 e. The van der Waals surface area contributed by atoms with Crippen LogP contribution in [0.15, 0.2) is 112 Å². The molecule has 9 heteroatoms. The number of carbonyl (C=O) groups excluding carboxylic acids is 3. The molecule has 0 atom stereocenters. The molecule has 0 aliphatic carbocycles.